The van der Waals surface area contributed by atoms with Gasteiger partial charge in [-0.15, -0.1) is 0 Å². The molecule has 2 rings (SSSR count). The molecule has 1 aliphatic heterocycles. The van der Waals surface area contributed by atoms with Crippen LogP contribution >= 0.6 is 0 Å². The van der Waals surface area contributed by atoms with Crippen molar-refractivity contribution >= 4 is 12.1 Å². The Bertz CT molecular complexity index is 476. The van der Waals surface area contributed by atoms with Crippen LogP contribution in [0.15, 0.2) is 29.4 Å². The fourth-order valence-corrected chi connectivity index (χ4v) is 2.35. The second kappa shape index (κ2) is 6.43. The molecule has 1 amide bonds. The lowest BCUT2D eigenvalue weighted by molar-refractivity contribution is -0.901. The van der Waals surface area contributed by atoms with Gasteiger partial charge >= 0.3 is 0 Å². The maximum atomic E-state index is 13.3. The summed E-state index contributed by atoms with van der Waals surface area (Å²) in [5.41, 5.74) is 2.87. The Morgan fingerprint density at radius 3 is 3.00 bits per heavy atom. The fourth-order valence-electron chi connectivity index (χ4n) is 2.35. The Hall–Kier alpha value is -1.75. The van der Waals surface area contributed by atoms with Gasteiger partial charge in [-0.2, -0.15) is 5.10 Å². The molecule has 102 valence electrons. The van der Waals surface area contributed by atoms with Crippen molar-refractivity contribution in [3.63, 3.8) is 0 Å². The maximum absolute atomic E-state index is 13.3. The second-order valence-electron chi connectivity index (χ2n) is 4.90. The van der Waals surface area contributed by atoms with Crippen molar-refractivity contribution in [3.8, 4) is 0 Å². The molecule has 2 N–H and O–H groups in total. The second-order valence-corrected chi connectivity index (χ2v) is 4.90. The van der Waals surface area contributed by atoms with Crippen LogP contribution < -0.4 is 10.3 Å². The largest absolute Gasteiger partial charge is 0.327 e. The molecule has 1 fully saturated rings. The van der Waals surface area contributed by atoms with Crippen LogP contribution in [0.3, 0.4) is 0 Å². The first-order valence-electron chi connectivity index (χ1n) is 6.58. The molecule has 1 heterocycles. The molecule has 2 unspecified atom stereocenters. The fraction of sp³-hybridized carbons (Fsp3) is 0.429. The first kappa shape index (κ1) is 13.7. The Morgan fingerprint density at radius 2 is 2.26 bits per heavy atom. The third kappa shape index (κ3) is 3.61. The summed E-state index contributed by atoms with van der Waals surface area (Å²) in [7, 11) is 2.02. The number of benzene rings is 1. The normalized spacial score (nSPS) is 23.5. The van der Waals surface area contributed by atoms with Crippen LogP contribution in [0, 0.1) is 5.82 Å². The van der Waals surface area contributed by atoms with Crippen LogP contribution in [-0.4, -0.2) is 31.8 Å². The first-order valence-corrected chi connectivity index (χ1v) is 6.58. The van der Waals surface area contributed by atoms with Crippen LogP contribution in [0.25, 0.3) is 0 Å². The number of halogens is 1. The van der Waals surface area contributed by atoms with E-state index in [2.05, 4.69) is 10.5 Å². The molecule has 0 radical (unpaired) electrons. The Balaban J connectivity index is 1.91. The number of hydrogen-bond donors (Lipinski definition) is 2. The van der Waals surface area contributed by atoms with E-state index < -0.39 is 0 Å². The molecule has 1 saturated heterocycles. The highest BCUT2D eigenvalue weighted by Gasteiger charge is 2.29. The van der Waals surface area contributed by atoms with Crippen LogP contribution in [0.5, 0.6) is 0 Å². The summed E-state index contributed by atoms with van der Waals surface area (Å²) in [6, 6.07) is 6.27. The smallest absolute Gasteiger partial charge is 0.298 e. The summed E-state index contributed by atoms with van der Waals surface area (Å²) in [6.45, 7) is 1.01. The molecular formula is C14H19FN3O+. The molecule has 19 heavy (non-hydrogen) atoms. The third-order valence-corrected chi connectivity index (χ3v) is 3.51. The number of rotatable bonds is 3. The molecular weight excluding hydrogens is 245 g/mol. The predicted molar refractivity (Wildman–Crippen MR) is 71.5 cm³/mol. The van der Waals surface area contributed by atoms with E-state index in [-0.39, 0.29) is 17.8 Å². The molecule has 2 atom stereocenters. The van der Waals surface area contributed by atoms with E-state index >= 15 is 0 Å². The number of carbonyl (C=O) groups is 1. The van der Waals surface area contributed by atoms with E-state index in [1.807, 2.05) is 7.05 Å². The van der Waals surface area contributed by atoms with E-state index in [9.17, 15) is 9.18 Å². The maximum Gasteiger partial charge on any atom is 0.298 e. The zero-order chi connectivity index (χ0) is 13.7. The highest BCUT2D eigenvalue weighted by molar-refractivity contribution is 5.84. The molecule has 1 aromatic rings. The van der Waals surface area contributed by atoms with Crippen LogP contribution in [0.1, 0.15) is 24.8 Å². The topological polar surface area (TPSA) is 45.9 Å². The molecule has 0 aromatic heterocycles. The van der Waals surface area contributed by atoms with Crippen molar-refractivity contribution in [3.05, 3.63) is 35.6 Å². The predicted octanol–water partition coefficient (Wildman–Crippen LogP) is 0.343. The van der Waals surface area contributed by atoms with Gasteiger partial charge in [-0.3, -0.25) is 4.79 Å². The Morgan fingerprint density at radius 1 is 1.47 bits per heavy atom. The van der Waals surface area contributed by atoms with Gasteiger partial charge in [0.2, 0.25) is 0 Å². The molecule has 5 heteroatoms. The quantitative estimate of drug-likeness (QED) is 0.600. The number of nitrogens with zero attached hydrogens (tertiary/aromatic N) is 1. The van der Waals surface area contributed by atoms with E-state index in [0.717, 1.165) is 25.8 Å². The van der Waals surface area contributed by atoms with E-state index in [0.29, 0.717) is 5.56 Å². The van der Waals surface area contributed by atoms with Crippen molar-refractivity contribution < 1.29 is 14.1 Å². The van der Waals surface area contributed by atoms with Crippen LogP contribution in [0.4, 0.5) is 4.39 Å². The summed E-state index contributed by atoms with van der Waals surface area (Å²) in [4.78, 5) is 13.2. The SMILES string of the molecule is C[NH+]1CCCCC1C(=O)NN=Cc1ccccc1F. The molecule has 0 spiro atoms. The zero-order valence-electron chi connectivity index (χ0n) is 11.0. The lowest BCUT2D eigenvalue weighted by Gasteiger charge is -2.27. The first-order chi connectivity index (χ1) is 9.18. The third-order valence-electron chi connectivity index (χ3n) is 3.51. The van der Waals surface area contributed by atoms with Crippen molar-refractivity contribution in [1.29, 1.82) is 0 Å². The number of quaternary nitrogens is 1. The van der Waals surface area contributed by atoms with Crippen LogP contribution in [-0.2, 0) is 4.79 Å². The number of likely N-dealkylation sites (N-methyl/N-ethyl adjacent to an activating group) is 1. The minimum atomic E-state index is -0.346. The zero-order valence-corrected chi connectivity index (χ0v) is 11.0. The highest BCUT2D eigenvalue weighted by atomic mass is 19.1. The summed E-state index contributed by atoms with van der Waals surface area (Å²) < 4.78 is 13.3. The standard InChI is InChI=1S/C14H18FN3O/c1-18-9-5-4-8-13(18)14(19)17-16-10-11-6-2-3-7-12(11)15/h2-3,6-7,10,13H,4-5,8-9H2,1H3,(H,17,19)/p+1. The van der Waals surface area contributed by atoms with E-state index in [1.165, 1.54) is 17.2 Å². The Kier molecular flexibility index (Phi) is 4.63. The number of hydrogen-bond acceptors (Lipinski definition) is 2. The van der Waals surface area contributed by atoms with Crippen molar-refractivity contribution in [2.45, 2.75) is 25.3 Å². The summed E-state index contributed by atoms with van der Waals surface area (Å²) in [6.07, 6.45) is 4.46. The van der Waals surface area contributed by atoms with Crippen LogP contribution in [0.2, 0.25) is 0 Å². The Labute approximate surface area is 112 Å². The van der Waals surface area contributed by atoms with E-state index in [1.54, 1.807) is 18.2 Å². The molecule has 0 saturated carbocycles. The number of amides is 1. The van der Waals surface area contributed by atoms with Gasteiger partial charge in [-0.1, -0.05) is 18.2 Å². The minimum Gasteiger partial charge on any atom is -0.327 e. The van der Waals surface area contributed by atoms with Gasteiger partial charge in [-0.25, -0.2) is 9.82 Å². The van der Waals surface area contributed by atoms with Gasteiger partial charge in [0.25, 0.3) is 5.91 Å². The van der Waals surface area contributed by atoms with Gasteiger partial charge in [0.1, 0.15) is 5.82 Å². The highest BCUT2D eigenvalue weighted by Crippen LogP contribution is 2.04. The number of piperidine rings is 1. The summed E-state index contributed by atoms with van der Waals surface area (Å²) in [5, 5.41) is 3.83. The van der Waals surface area contributed by atoms with Gasteiger partial charge in [0.05, 0.1) is 19.8 Å². The van der Waals surface area contributed by atoms with Crippen molar-refractivity contribution in [1.82, 2.24) is 5.43 Å². The molecule has 0 aliphatic carbocycles. The minimum absolute atomic E-state index is 0.0495. The number of hydrazone groups is 1. The monoisotopic (exact) mass is 264 g/mol. The molecule has 1 aliphatic rings. The lowest BCUT2D eigenvalue weighted by Crippen LogP contribution is -3.15. The average Bonchev–Trinajstić information content (AvgIpc) is 2.41. The lowest BCUT2D eigenvalue weighted by atomic mass is 10.0. The molecule has 1 aromatic carbocycles. The van der Waals surface area contributed by atoms with E-state index in [4.69, 9.17) is 0 Å². The van der Waals surface area contributed by atoms with Crippen molar-refractivity contribution in [2.24, 2.45) is 5.10 Å². The van der Waals surface area contributed by atoms with Gasteiger partial charge in [0, 0.05) is 12.0 Å². The van der Waals surface area contributed by atoms with Gasteiger partial charge in [0.15, 0.2) is 6.04 Å². The van der Waals surface area contributed by atoms with Gasteiger partial charge < -0.3 is 4.90 Å². The number of nitrogens with one attached hydrogen (secondary N) is 2. The van der Waals surface area contributed by atoms with Crippen molar-refractivity contribution in [2.75, 3.05) is 13.6 Å². The number of carbonyl (C=O) groups excluding carboxylic acids is 1. The number of likely N-dealkylation sites (tertiary alicyclic amines) is 1. The summed E-state index contributed by atoms with van der Waals surface area (Å²) in [5.74, 6) is -0.439. The van der Waals surface area contributed by atoms with Gasteiger partial charge in [-0.05, 0) is 18.9 Å². The average molecular weight is 264 g/mol. The molecule has 4 nitrogen and oxygen atoms in total. The summed E-state index contributed by atoms with van der Waals surface area (Å²) >= 11 is 0. The molecule has 0 bridgehead atoms.